The van der Waals surface area contributed by atoms with E-state index in [2.05, 4.69) is 10.4 Å². The molecule has 0 fully saturated rings. The summed E-state index contributed by atoms with van der Waals surface area (Å²) in [5.74, 6) is 0.139. The Labute approximate surface area is 110 Å². The van der Waals surface area contributed by atoms with Crippen LogP contribution in [-0.2, 0) is 11.3 Å². The van der Waals surface area contributed by atoms with Gasteiger partial charge in [-0.2, -0.15) is 5.10 Å². The summed E-state index contributed by atoms with van der Waals surface area (Å²) in [4.78, 5) is 11.8. The highest BCUT2D eigenvalue weighted by molar-refractivity contribution is 5.76. The summed E-state index contributed by atoms with van der Waals surface area (Å²) in [6, 6.07) is 10.5. The van der Waals surface area contributed by atoms with Gasteiger partial charge in [-0.25, -0.2) is 0 Å². The van der Waals surface area contributed by atoms with Crippen LogP contribution < -0.4 is 11.1 Å². The largest absolute Gasteiger partial charge is 0.394 e. The number of amides is 1. The molecule has 1 aromatic heterocycles. The molecule has 1 aromatic carbocycles. The van der Waals surface area contributed by atoms with Gasteiger partial charge in [0.25, 0.3) is 0 Å². The number of hydrogen-bond donors (Lipinski definition) is 3. The van der Waals surface area contributed by atoms with E-state index in [-0.39, 0.29) is 19.1 Å². The van der Waals surface area contributed by atoms with Gasteiger partial charge in [0.2, 0.25) is 5.91 Å². The highest BCUT2D eigenvalue weighted by Gasteiger charge is 2.13. The Morgan fingerprint density at radius 3 is 2.68 bits per heavy atom. The third kappa shape index (κ3) is 3.56. The fourth-order valence-corrected chi connectivity index (χ4v) is 1.77. The van der Waals surface area contributed by atoms with E-state index < -0.39 is 6.04 Å². The molecule has 1 amide bonds. The Morgan fingerprint density at radius 2 is 2.11 bits per heavy atom. The summed E-state index contributed by atoms with van der Waals surface area (Å²) in [5, 5.41) is 16.0. The minimum atomic E-state index is -0.415. The molecule has 2 aromatic rings. The molecule has 0 aliphatic rings. The molecule has 0 unspecified atom stereocenters. The first kappa shape index (κ1) is 13.1. The van der Waals surface area contributed by atoms with E-state index in [0.717, 1.165) is 5.56 Å². The fourth-order valence-electron chi connectivity index (χ4n) is 1.77. The van der Waals surface area contributed by atoms with E-state index in [4.69, 9.17) is 5.73 Å². The zero-order chi connectivity index (χ0) is 13.7. The molecule has 6 nitrogen and oxygen atoms in total. The number of aliphatic hydroxyl groups is 1. The highest BCUT2D eigenvalue weighted by atomic mass is 16.3. The molecule has 0 saturated heterocycles. The van der Waals surface area contributed by atoms with Gasteiger partial charge in [0.1, 0.15) is 12.4 Å². The SMILES string of the molecule is Nc1ccn(CC(=O)N[C@H](CO)c2ccccc2)n1. The second-order valence-corrected chi connectivity index (χ2v) is 4.15. The molecule has 0 saturated carbocycles. The molecular formula is C13H16N4O2. The van der Waals surface area contributed by atoms with Crippen molar-refractivity contribution in [2.45, 2.75) is 12.6 Å². The predicted molar refractivity (Wildman–Crippen MR) is 71.1 cm³/mol. The zero-order valence-electron chi connectivity index (χ0n) is 10.4. The van der Waals surface area contributed by atoms with Gasteiger partial charge in [0.15, 0.2) is 0 Å². The molecular weight excluding hydrogens is 244 g/mol. The first-order chi connectivity index (χ1) is 9.19. The van der Waals surface area contributed by atoms with Crippen LogP contribution in [0.5, 0.6) is 0 Å². The number of anilines is 1. The molecule has 0 aliphatic carbocycles. The maximum absolute atomic E-state index is 11.8. The zero-order valence-corrected chi connectivity index (χ0v) is 10.4. The Morgan fingerprint density at radius 1 is 1.37 bits per heavy atom. The predicted octanol–water partition coefficient (Wildman–Crippen LogP) is 0.315. The number of nitrogen functional groups attached to an aromatic ring is 1. The number of aliphatic hydroxyl groups excluding tert-OH is 1. The van der Waals surface area contributed by atoms with Crippen LogP contribution in [0.1, 0.15) is 11.6 Å². The van der Waals surface area contributed by atoms with Crippen LogP contribution in [0.15, 0.2) is 42.6 Å². The van der Waals surface area contributed by atoms with E-state index in [1.807, 2.05) is 30.3 Å². The molecule has 0 radical (unpaired) electrons. The lowest BCUT2D eigenvalue weighted by Gasteiger charge is -2.16. The molecule has 0 bridgehead atoms. The second kappa shape index (κ2) is 6.01. The number of rotatable bonds is 5. The van der Waals surface area contributed by atoms with Gasteiger partial charge < -0.3 is 16.2 Å². The minimum absolute atomic E-state index is 0.0700. The molecule has 19 heavy (non-hydrogen) atoms. The van der Waals surface area contributed by atoms with Gasteiger partial charge in [-0.05, 0) is 11.6 Å². The lowest BCUT2D eigenvalue weighted by Crippen LogP contribution is -2.33. The molecule has 1 heterocycles. The topological polar surface area (TPSA) is 93.2 Å². The molecule has 0 aliphatic heterocycles. The number of benzene rings is 1. The van der Waals surface area contributed by atoms with Crippen molar-refractivity contribution in [2.24, 2.45) is 0 Å². The first-order valence-electron chi connectivity index (χ1n) is 5.93. The standard InChI is InChI=1S/C13H16N4O2/c14-12-6-7-17(16-12)8-13(19)15-11(9-18)10-4-2-1-3-5-10/h1-7,11,18H,8-9H2,(H2,14,16)(H,15,19)/t11-/m1/s1. The van der Waals surface area contributed by atoms with E-state index in [0.29, 0.717) is 5.82 Å². The van der Waals surface area contributed by atoms with Crippen molar-refractivity contribution in [3.8, 4) is 0 Å². The van der Waals surface area contributed by atoms with Gasteiger partial charge in [-0.3, -0.25) is 9.48 Å². The molecule has 100 valence electrons. The van der Waals surface area contributed by atoms with Crippen LogP contribution in [0.3, 0.4) is 0 Å². The van der Waals surface area contributed by atoms with Crippen molar-refractivity contribution in [1.29, 1.82) is 0 Å². The van der Waals surface area contributed by atoms with Crippen molar-refractivity contribution < 1.29 is 9.90 Å². The van der Waals surface area contributed by atoms with Crippen molar-refractivity contribution in [1.82, 2.24) is 15.1 Å². The number of aromatic nitrogens is 2. The highest BCUT2D eigenvalue weighted by Crippen LogP contribution is 2.11. The monoisotopic (exact) mass is 260 g/mol. The van der Waals surface area contributed by atoms with Gasteiger partial charge in [0.05, 0.1) is 12.6 Å². The van der Waals surface area contributed by atoms with Gasteiger partial charge in [-0.1, -0.05) is 30.3 Å². The van der Waals surface area contributed by atoms with Crippen molar-refractivity contribution in [3.63, 3.8) is 0 Å². The number of carbonyl (C=O) groups excluding carboxylic acids is 1. The van der Waals surface area contributed by atoms with E-state index in [1.54, 1.807) is 12.3 Å². The van der Waals surface area contributed by atoms with Crippen LogP contribution >= 0.6 is 0 Å². The number of carbonyl (C=O) groups is 1. The molecule has 1 atom stereocenters. The van der Waals surface area contributed by atoms with Crippen LogP contribution in [0.25, 0.3) is 0 Å². The van der Waals surface area contributed by atoms with E-state index in [9.17, 15) is 9.90 Å². The van der Waals surface area contributed by atoms with Crippen LogP contribution in [0.4, 0.5) is 5.82 Å². The number of nitrogens with zero attached hydrogens (tertiary/aromatic N) is 2. The summed E-state index contributed by atoms with van der Waals surface area (Å²) >= 11 is 0. The summed E-state index contributed by atoms with van der Waals surface area (Å²) in [6.07, 6.45) is 1.63. The van der Waals surface area contributed by atoms with E-state index in [1.165, 1.54) is 4.68 Å². The van der Waals surface area contributed by atoms with Crippen molar-refractivity contribution >= 4 is 11.7 Å². The lowest BCUT2D eigenvalue weighted by molar-refractivity contribution is -0.122. The number of hydrogen-bond acceptors (Lipinski definition) is 4. The normalized spacial score (nSPS) is 12.1. The van der Waals surface area contributed by atoms with Crippen LogP contribution in [-0.4, -0.2) is 27.4 Å². The van der Waals surface area contributed by atoms with Crippen molar-refractivity contribution in [3.05, 3.63) is 48.2 Å². The molecule has 6 heteroatoms. The Hall–Kier alpha value is -2.34. The Bertz CT molecular complexity index is 539. The average molecular weight is 260 g/mol. The third-order valence-corrected chi connectivity index (χ3v) is 2.69. The van der Waals surface area contributed by atoms with Crippen LogP contribution in [0.2, 0.25) is 0 Å². The summed E-state index contributed by atoms with van der Waals surface area (Å²) in [7, 11) is 0. The fraction of sp³-hybridized carbons (Fsp3) is 0.231. The van der Waals surface area contributed by atoms with Crippen LogP contribution in [0, 0.1) is 0 Å². The smallest absolute Gasteiger partial charge is 0.242 e. The maximum Gasteiger partial charge on any atom is 0.242 e. The number of nitrogens with one attached hydrogen (secondary N) is 1. The summed E-state index contributed by atoms with van der Waals surface area (Å²) in [5.41, 5.74) is 6.33. The van der Waals surface area contributed by atoms with E-state index >= 15 is 0 Å². The summed E-state index contributed by atoms with van der Waals surface area (Å²) in [6.45, 7) is -0.0858. The maximum atomic E-state index is 11.8. The quantitative estimate of drug-likeness (QED) is 0.721. The number of nitrogens with two attached hydrogens (primary N) is 1. The second-order valence-electron chi connectivity index (χ2n) is 4.15. The molecule has 0 spiro atoms. The molecule has 4 N–H and O–H groups in total. The average Bonchev–Trinajstić information content (AvgIpc) is 2.82. The van der Waals surface area contributed by atoms with Gasteiger partial charge in [0, 0.05) is 6.20 Å². The van der Waals surface area contributed by atoms with Crippen molar-refractivity contribution in [2.75, 3.05) is 12.3 Å². The summed E-state index contributed by atoms with van der Waals surface area (Å²) < 4.78 is 1.45. The molecule has 2 rings (SSSR count). The van der Waals surface area contributed by atoms with Gasteiger partial charge in [-0.15, -0.1) is 0 Å². The first-order valence-corrected chi connectivity index (χ1v) is 5.93. The Kier molecular flexibility index (Phi) is 4.15. The Balaban J connectivity index is 1.97. The lowest BCUT2D eigenvalue weighted by atomic mass is 10.1. The minimum Gasteiger partial charge on any atom is -0.394 e. The van der Waals surface area contributed by atoms with Gasteiger partial charge >= 0.3 is 0 Å². The third-order valence-electron chi connectivity index (χ3n) is 2.69.